The number of carbonyl (C=O) groups excluding carboxylic acids is 4. The van der Waals surface area contributed by atoms with Gasteiger partial charge < -0.3 is 60.5 Å². The molecule has 0 spiro atoms. The zero-order valence-electron chi connectivity index (χ0n) is 28.2. The van der Waals surface area contributed by atoms with Crippen molar-refractivity contribution in [3.63, 3.8) is 0 Å². The molecule has 18 nitrogen and oxygen atoms in total. The average molecular weight is 719 g/mol. The highest BCUT2D eigenvalue weighted by Gasteiger charge is 2.27. The van der Waals surface area contributed by atoms with Crippen molar-refractivity contribution >= 4 is 63.5 Å². The van der Waals surface area contributed by atoms with Gasteiger partial charge in [-0.3, -0.25) is 34.3 Å². The molecule has 1 fully saturated rings. The summed E-state index contributed by atoms with van der Waals surface area (Å²) in [6, 6.07) is -0.741. The Balaban J connectivity index is 0.00000243. The summed E-state index contributed by atoms with van der Waals surface area (Å²) in [6.45, 7) is 2.50. The summed E-state index contributed by atoms with van der Waals surface area (Å²) in [5.41, 5.74) is 31.3. The predicted molar refractivity (Wildman–Crippen MR) is 197 cm³/mol. The van der Waals surface area contributed by atoms with Crippen LogP contribution in [-0.2, 0) is 19.2 Å². The van der Waals surface area contributed by atoms with Crippen molar-refractivity contribution in [2.75, 3.05) is 71.7 Å². The number of nitrogens with two attached hydrogens (primary N) is 6. The van der Waals surface area contributed by atoms with E-state index in [2.05, 4.69) is 36.2 Å². The fraction of sp³-hybridized carbons (Fsp3) is 0.750. The van der Waals surface area contributed by atoms with Crippen LogP contribution in [0.4, 0.5) is 0 Å². The van der Waals surface area contributed by atoms with Crippen LogP contribution in [0.15, 0.2) is 15.0 Å². The van der Waals surface area contributed by atoms with Gasteiger partial charge in [-0.05, 0) is 45.6 Å². The first-order valence-electron chi connectivity index (χ1n) is 16.1. The second kappa shape index (κ2) is 29.6. The highest BCUT2D eigenvalue weighted by molar-refractivity contribution is 8.77. The lowest BCUT2D eigenvalue weighted by Crippen LogP contribution is -2.51. The molecule has 2 atom stereocenters. The normalized spacial score (nSPS) is 14.1. The number of amides is 3. The number of nitrogens with zero attached hydrogens (tertiary/aromatic N) is 4. The lowest BCUT2D eigenvalue weighted by molar-refractivity contribution is -0.130. The van der Waals surface area contributed by atoms with E-state index in [1.807, 2.05) is 28.6 Å². The van der Waals surface area contributed by atoms with Crippen LogP contribution < -0.4 is 55.7 Å². The lowest BCUT2D eigenvalue weighted by Gasteiger charge is -2.28. The van der Waals surface area contributed by atoms with Gasteiger partial charge in [0.05, 0.1) is 38.8 Å². The fourth-order valence-electron chi connectivity index (χ4n) is 4.28. The number of hydrogen-bond donors (Lipinski definition) is 10. The van der Waals surface area contributed by atoms with Gasteiger partial charge in [0, 0.05) is 43.6 Å². The van der Waals surface area contributed by atoms with Crippen LogP contribution in [-0.4, -0.2) is 130 Å². The number of aldehydes is 1. The minimum atomic E-state index is -0.741. The molecule has 1 rings (SSSR count). The number of unbranched alkanes of at least 4 members (excludes halogenated alkanes) is 2. The third-order valence-electron chi connectivity index (χ3n) is 6.62. The minimum Gasteiger partial charge on any atom is -0.370 e. The molecule has 0 aliphatic carbocycles. The van der Waals surface area contributed by atoms with Crippen LogP contribution in [0.2, 0.25) is 0 Å². The monoisotopic (exact) mass is 718 g/mol. The van der Waals surface area contributed by atoms with Gasteiger partial charge in [-0.2, -0.15) is 0 Å². The number of aliphatic imine (C=N–C) groups is 3. The van der Waals surface area contributed by atoms with Crippen LogP contribution in [0.1, 0.15) is 51.4 Å². The number of nitrogens with one attached hydrogen (secondary N) is 4. The Morgan fingerprint density at radius 1 is 0.812 bits per heavy atom. The van der Waals surface area contributed by atoms with Gasteiger partial charge in [0.2, 0.25) is 17.7 Å². The molecule has 0 aromatic rings. The molecule has 1 saturated heterocycles. The van der Waals surface area contributed by atoms with Gasteiger partial charge in [-0.25, -0.2) is 0 Å². The van der Waals surface area contributed by atoms with E-state index in [0.717, 1.165) is 31.1 Å². The summed E-state index contributed by atoms with van der Waals surface area (Å²) in [4.78, 5) is 61.9. The molecule has 276 valence electrons. The third kappa shape index (κ3) is 26.6. The Bertz CT molecular complexity index is 1000. The van der Waals surface area contributed by atoms with Crippen molar-refractivity contribution in [3.05, 3.63) is 0 Å². The summed E-state index contributed by atoms with van der Waals surface area (Å²) in [7, 11) is 5.74. The van der Waals surface area contributed by atoms with E-state index >= 15 is 0 Å². The van der Waals surface area contributed by atoms with Gasteiger partial charge in [0.25, 0.3) is 0 Å². The second-order valence-electron chi connectivity index (χ2n) is 10.7. The van der Waals surface area contributed by atoms with Crippen molar-refractivity contribution in [2.24, 2.45) is 49.4 Å². The molecular weight excluding hydrogens is 661 g/mol. The van der Waals surface area contributed by atoms with Crippen LogP contribution in [0, 0.1) is 0 Å². The molecule has 1 aliphatic rings. The summed E-state index contributed by atoms with van der Waals surface area (Å²) in [6.07, 6.45) is 7.15. The van der Waals surface area contributed by atoms with Crippen LogP contribution in [0.3, 0.4) is 0 Å². The molecule has 1 heterocycles. The molecule has 3 amide bonds. The number of likely N-dealkylation sites (N-methyl/N-ethyl adjacent to an activating group) is 1. The highest BCUT2D eigenvalue weighted by atomic mass is 33.1. The SMILES string of the molecule is CNCCN=C(N)N.NC(N)=NCCNC(=O)CN(CC=O)C(CCCCNC(=O)CCCCC1CCSS1)C(=O)NCCN=C(N)N. The third-order valence-corrected chi connectivity index (χ3v) is 9.63. The highest BCUT2D eigenvalue weighted by Crippen LogP contribution is 2.39. The van der Waals surface area contributed by atoms with Gasteiger partial charge >= 0.3 is 0 Å². The molecule has 16 N–H and O–H groups in total. The van der Waals surface area contributed by atoms with Gasteiger partial charge in [0.15, 0.2) is 17.9 Å². The van der Waals surface area contributed by atoms with Crippen molar-refractivity contribution < 1.29 is 19.2 Å². The average Bonchev–Trinajstić information content (AvgIpc) is 3.55. The quantitative estimate of drug-likeness (QED) is 0.0149. The van der Waals surface area contributed by atoms with Crippen LogP contribution >= 0.6 is 21.6 Å². The Morgan fingerprint density at radius 3 is 1.98 bits per heavy atom. The van der Waals surface area contributed by atoms with E-state index in [1.165, 1.54) is 17.1 Å². The first-order valence-corrected chi connectivity index (χ1v) is 18.5. The molecule has 2 unspecified atom stereocenters. The number of hydrogen-bond acceptors (Lipinski definition) is 11. The summed E-state index contributed by atoms with van der Waals surface area (Å²) >= 11 is 0. The van der Waals surface area contributed by atoms with Gasteiger partial charge in [-0.1, -0.05) is 28.0 Å². The molecule has 48 heavy (non-hydrogen) atoms. The molecule has 0 radical (unpaired) electrons. The van der Waals surface area contributed by atoms with E-state index in [0.29, 0.717) is 45.1 Å². The molecular formula is C28H58N14O4S2. The number of carbonyl (C=O) groups is 4. The van der Waals surface area contributed by atoms with Crippen molar-refractivity contribution in [1.82, 2.24) is 26.2 Å². The van der Waals surface area contributed by atoms with Crippen LogP contribution in [0.25, 0.3) is 0 Å². The minimum absolute atomic E-state index is 0.0300. The lowest BCUT2D eigenvalue weighted by atomic mass is 10.1. The maximum atomic E-state index is 13.0. The van der Waals surface area contributed by atoms with E-state index < -0.39 is 6.04 Å². The molecule has 1 aliphatic heterocycles. The second-order valence-corrected chi connectivity index (χ2v) is 13.5. The fourth-order valence-corrected chi connectivity index (χ4v) is 7.31. The smallest absolute Gasteiger partial charge is 0.237 e. The molecule has 0 bridgehead atoms. The molecule has 20 heteroatoms. The maximum absolute atomic E-state index is 13.0. The van der Waals surface area contributed by atoms with E-state index in [-0.39, 0.29) is 74.9 Å². The predicted octanol–water partition coefficient (Wildman–Crippen LogP) is -2.89. The largest absolute Gasteiger partial charge is 0.370 e. The first-order chi connectivity index (χ1) is 23.0. The first kappa shape index (κ1) is 44.5. The summed E-state index contributed by atoms with van der Waals surface area (Å²) in [5, 5.41) is 12.0. The Labute approximate surface area is 292 Å². The van der Waals surface area contributed by atoms with Crippen molar-refractivity contribution in [2.45, 2.75) is 62.7 Å². The van der Waals surface area contributed by atoms with E-state index in [1.54, 1.807) is 0 Å². The zero-order valence-corrected chi connectivity index (χ0v) is 29.8. The molecule has 0 saturated carbocycles. The number of rotatable bonds is 25. The zero-order chi connectivity index (χ0) is 36.0. The van der Waals surface area contributed by atoms with E-state index in [4.69, 9.17) is 34.4 Å². The maximum Gasteiger partial charge on any atom is 0.237 e. The topological polar surface area (TPSA) is 313 Å². The van der Waals surface area contributed by atoms with Crippen molar-refractivity contribution in [1.29, 1.82) is 0 Å². The summed E-state index contributed by atoms with van der Waals surface area (Å²) < 4.78 is 0. The Kier molecular flexibility index (Phi) is 27.5. The van der Waals surface area contributed by atoms with Gasteiger partial charge in [0.1, 0.15) is 6.29 Å². The van der Waals surface area contributed by atoms with Gasteiger partial charge in [-0.15, -0.1) is 0 Å². The number of guanidine groups is 3. The van der Waals surface area contributed by atoms with Crippen LogP contribution in [0.5, 0.6) is 0 Å². The standard InChI is InChI=1S/C24H46N10O4S2.C4H12N4/c25-23(26)32-12-10-30-21(37)17-34(14-15-35)19(22(38)31-11-13-33-24(27)28)6-3-4-9-29-20(36)7-2-1-5-18-8-16-39-40-18;1-7-2-3-8-4(5)6/h15,18-19H,1-14,16-17H2,(H,29,36)(H,30,37)(H,31,38)(H4,25,26,32)(H4,27,28,33);7H,2-3H2,1H3,(H4,5,6,8). The molecule has 0 aromatic heterocycles. The Hall–Kier alpha value is -3.49. The Morgan fingerprint density at radius 2 is 1.42 bits per heavy atom. The summed E-state index contributed by atoms with van der Waals surface area (Å²) in [5.74, 6) is 0.523. The van der Waals surface area contributed by atoms with Crippen molar-refractivity contribution in [3.8, 4) is 0 Å². The molecule has 0 aromatic carbocycles. The van der Waals surface area contributed by atoms with E-state index in [9.17, 15) is 19.2 Å².